The fourth-order valence-corrected chi connectivity index (χ4v) is 3.98. The highest BCUT2D eigenvalue weighted by molar-refractivity contribution is 6.05. The van der Waals surface area contributed by atoms with E-state index in [4.69, 9.17) is 0 Å². The molecule has 30 heavy (non-hydrogen) atoms. The summed E-state index contributed by atoms with van der Waals surface area (Å²) in [5, 5.41) is 4.21. The molecular weight excluding hydrogens is 383 g/mol. The molecule has 2 aliphatic rings. The number of halogens is 1. The van der Waals surface area contributed by atoms with Crippen LogP contribution in [0.5, 0.6) is 0 Å². The third-order valence-corrected chi connectivity index (χ3v) is 5.72. The van der Waals surface area contributed by atoms with Gasteiger partial charge in [0, 0.05) is 44.2 Å². The summed E-state index contributed by atoms with van der Waals surface area (Å²) < 4.78 is 13.8. The van der Waals surface area contributed by atoms with Crippen LogP contribution in [-0.2, 0) is 16.0 Å². The number of hydrogen-bond acceptors (Lipinski definition) is 4. The van der Waals surface area contributed by atoms with Crippen molar-refractivity contribution in [2.45, 2.75) is 19.8 Å². The summed E-state index contributed by atoms with van der Waals surface area (Å²) >= 11 is 0. The number of amides is 2. The first-order valence-electron chi connectivity index (χ1n) is 10.2. The minimum atomic E-state index is -0.332. The maximum absolute atomic E-state index is 13.8. The highest BCUT2D eigenvalue weighted by Crippen LogP contribution is 2.22. The lowest BCUT2D eigenvalue weighted by Crippen LogP contribution is -2.49. The summed E-state index contributed by atoms with van der Waals surface area (Å²) in [6.07, 6.45) is 0.543. The number of rotatable bonds is 4. The lowest BCUT2D eigenvalue weighted by molar-refractivity contribution is -0.130. The molecule has 1 atom stereocenters. The molecule has 1 fully saturated rings. The second kappa shape index (κ2) is 8.65. The first kappa shape index (κ1) is 20.1. The number of hydrazone groups is 1. The van der Waals surface area contributed by atoms with Gasteiger partial charge in [-0.25, -0.2) is 9.82 Å². The first-order chi connectivity index (χ1) is 14.5. The third kappa shape index (κ3) is 4.35. The Morgan fingerprint density at radius 1 is 1.10 bits per heavy atom. The predicted octanol–water partition coefficient (Wildman–Crippen LogP) is 2.58. The Hall–Kier alpha value is -3.22. The average Bonchev–Trinajstić information content (AvgIpc) is 2.76. The zero-order valence-electron chi connectivity index (χ0n) is 17.0. The van der Waals surface area contributed by atoms with E-state index < -0.39 is 0 Å². The Morgan fingerprint density at radius 3 is 2.47 bits per heavy atom. The Bertz CT molecular complexity index is 965. The first-order valence-corrected chi connectivity index (χ1v) is 10.2. The molecule has 1 saturated heterocycles. The molecule has 156 valence electrons. The van der Waals surface area contributed by atoms with Gasteiger partial charge in [-0.05, 0) is 29.3 Å². The van der Waals surface area contributed by atoms with Crippen molar-refractivity contribution in [2.24, 2.45) is 11.0 Å². The molecule has 2 amide bonds. The molecule has 0 radical (unpaired) electrons. The number of benzene rings is 2. The number of carbonyl (C=O) groups is 2. The smallest absolute Gasteiger partial charge is 0.240 e. The molecule has 2 aliphatic heterocycles. The number of piperazine rings is 1. The maximum Gasteiger partial charge on any atom is 0.240 e. The summed E-state index contributed by atoms with van der Waals surface area (Å²) in [7, 11) is 0. The molecule has 0 spiro atoms. The Morgan fingerprint density at radius 2 is 1.80 bits per heavy atom. The lowest BCUT2D eigenvalue weighted by Gasteiger charge is -2.36. The average molecular weight is 408 g/mol. The van der Waals surface area contributed by atoms with E-state index in [-0.39, 0.29) is 30.0 Å². The fourth-order valence-electron chi connectivity index (χ4n) is 3.98. The molecule has 4 rings (SSSR count). The van der Waals surface area contributed by atoms with Crippen molar-refractivity contribution in [3.8, 4) is 0 Å². The number of nitrogens with one attached hydrogen (secondary N) is 1. The standard InChI is InChI=1S/C23H25FN4O2/c1-16-14-21(29)25-26-23(16)17-6-8-19(9-7-17)27-10-12-28(13-11-27)22(30)15-18-4-2-3-5-20(18)24/h2-9,16H,10-15H2,1H3,(H,25,29). The summed E-state index contributed by atoms with van der Waals surface area (Å²) in [5.74, 6) is -0.332. The van der Waals surface area contributed by atoms with Crippen LogP contribution in [0.4, 0.5) is 10.1 Å². The van der Waals surface area contributed by atoms with Crippen molar-refractivity contribution >= 4 is 23.2 Å². The van der Waals surface area contributed by atoms with Crippen LogP contribution in [0.15, 0.2) is 53.6 Å². The largest absolute Gasteiger partial charge is 0.368 e. The van der Waals surface area contributed by atoms with Crippen molar-refractivity contribution in [1.29, 1.82) is 0 Å². The van der Waals surface area contributed by atoms with E-state index in [9.17, 15) is 14.0 Å². The molecule has 0 saturated carbocycles. The van der Waals surface area contributed by atoms with E-state index in [0.29, 0.717) is 25.1 Å². The highest BCUT2D eigenvalue weighted by Gasteiger charge is 2.24. The molecular formula is C23H25FN4O2. The van der Waals surface area contributed by atoms with E-state index in [1.807, 2.05) is 19.1 Å². The number of hydrogen-bond donors (Lipinski definition) is 1. The van der Waals surface area contributed by atoms with Gasteiger partial charge in [0.2, 0.25) is 11.8 Å². The van der Waals surface area contributed by atoms with Gasteiger partial charge in [-0.15, -0.1) is 0 Å². The van der Waals surface area contributed by atoms with Crippen LogP contribution in [0.3, 0.4) is 0 Å². The lowest BCUT2D eigenvalue weighted by atomic mass is 9.94. The van der Waals surface area contributed by atoms with Crippen molar-refractivity contribution in [3.63, 3.8) is 0 Å². The number of anilines is 1. The van der Waals surface area contributed by atoms with Crippen LogP contribution >= 0.6 is 0 Å². The molecule has 1 unspecified atom stereocenters. The Balaban J connectivity index is 1.34. The highest BCUT2D eigenvalue weighted by atomic mass is 19.1. The van der Waals surface area contributed by atoms with E-state index in [2.05, 4.69) is 27.6 Å². The minimum Gasteiger partial charge on any atom is -0.368 e. The Kier molecular flexibility index (Phi) is 5.79. The molecule has 2 aromatic rings. The van der Waals surface area contributed by atoms with Gasteiger partial charge in [-0.3, -0.25) is 9.59 Å². The van der Waals surface area contributed by atoms with Crippen LogP contribution in [0, 0.1) is 11.7 Å². The van der Waals surface area contributed by atoms with Gasteiger partial charge in [0.05, 0.1) is 12.1 Å². The second-order valence-electron chi connectivity index (χ2n) is 7.82. The molecule has 2 aromatic carbocycles. The molecule has 2 heterocycles. The monoisotopic (exact) mass is 408 g/mol. The third-order valence-electron chi connectivity index (χ3n) is 5.72. The van der Waals surface area contributed by atoms with Gasteiger partial charge in [0.25, 0.3) is 0 Å². The SMILES string of the molecule is CC1CC(=O)NN=C1c1ccc(N2CCN(C(=O)Cc3ccccc3F)CC2)cc1. The summed E-state index contributed by atoms with van der Waals surface area (Å²) in [6, 6.07) is 14.6. The minimum absolute atomic E-state index is 0.0403. The van der Waals surface area contributed by atoms with Crippen molar-refractivity contribution < 1.29 is 14.0 Å². The predicted molar refractivity (Wildman–Crippen MR) is 114 cm³/mol. The quantitative estimate of drug-likeness (QED) is 0.846. The maximum atomic E-state index is 13.8. The normalized spacial score (nSPS) is 19.3. The molecule has 0 aliphatic carbocycles. The topological polar surface area (TPSA) is 65.0 Å². The van der Waals surface area contributed by atoms with E-state index in [1.165, 1.54) is 6.07 Å². The molecule has 0 bridgehead atoms. The van der Waals surface area contributed by atoms with E-state index in [0.717, 1.165) is 30.1 Å². The molecule has 0 aromatic heterocycles. The van der Waals surface area contributed by atoms with Gasteiger partial charge < -0.3 is 9.80 Å². The van der Waals surface area contributed by atoms with Crippen molar-refractivity contribution in [2.75, 3.05) is 31.1 Å². The van der Waals surface area contributed by atoms with Crippen LogP contribution in [0.2, 0.25) is 0 Å². The summed E-state index contributed by atoms with van der Waals surface area (Å²) in [6.45, 7) is 4.70. The van der Waals surface area contributed by atoms with Gasteiger partial charge in [-0.1, -0.05) is 37.3 Å². The van der Waals surface area contributed by atoms with Gasteiger partial charge in [0.15, 0.2) is 0 Å². The van der Waals surface area contributed by atoms with Crippen LogP contribution in [0.25, 0.3) is 0 Å². The summed E-state index contributed by atoms with van der Waals surface area (Å²) in [5.41, 5.74) is 5.98. The Labute approximate surface area is 175 Å². The van der Waals surface area contributed by atoms with Crippen molar-refractivity contribution in [1.82, 2.24) is 10.3 Å². The van der Waals surface area contributed by atoms with E-state index >= 15 is 0 Å². The van der Waals surface area contributed by atoms with E-state index in [1.54, 1.807) is 23.1 Å². The van der Waals surface area contributed by atoms with Crippen LogP contribution < -0.4 is 10.3 Å². The van der Waals surface area contributed by atoms with Crippen molar-refractivity contribution in [3.05, 3.63) is 65.5 Å². The van der Waals surface area contributed by atoms with Gasteiger partial charge in [-0.2, -0.15) is 5.10 Å². The summed E-state index contributed by atoms with van der Waals surface area (Å²) in [4.78, 5) is 28.0. The van der Waals surface area contributed by atoms with Gasteiger partial charge >= 0.3 is 0 Å². The molecule has 6 nitrogen and oxygen atoms in total. The van der Waals surface area contributed by atoms with Crippen LogP contribution in [-0.4, -0.2) is 48.6 Å². The zero-order chi connectivity index (χ0) is 21.1. The molecule has 7 heteroatoms. The second-order valence-corrected chi connectivity index (χ2v) is 7.82. The van der Waals surface area contributed by atoms with Gasteiger partial charge in [0.1, 0.15) is 5.82 Å². The van der Waals surface area contributed by atoms with Crippen LogP contribution in [0.1, 0.15) is 24.5 Å². The molecule has 1 N–H and O–H groups in total. The zero-order valence-corrected chi connectivity index (χ0v) is 17.0. The number of carbonyl (C=O) groups excluding carboxylic acids is 2. The fraction of sp³-hybridized carbons (Fsp3) is 0.348. The number of nitrogens with zero attached hydrogens (tertiary/aromatic N) is 3.